The van der Waals surface area contributed by atoms with Crippen molar-refractivity contribution in [1.82, 2.24) is 10.6 Å². The predicted octanol–water partition coefficient (Wildman–Crippen LogP) is -0.109. The first-order valence-electron chi connectivity index (χ1n) is 4.69. The van der Waals surface area contributed by atoms with Gasteiger partial charge in [-0.2, -0.15) is 0 Å². The molecule has 0 spiro atoms. The van der Waals surface area contributed by atoms with Crippen LogP contribution in [0.15, 0.2) is 0 Å². The third kappa shape index (κ3) is 3.32. The Labute approximate surface area is 79.0 Å². The summed E-state index contributed by atoms with van der Waals surface area (Å²) in [4.78, 5) is 10.8. The molecule has 0 saturated carbocycles. The predicted molar refractivity (Wildman–Crippen MR) is 50.5 cm³/mol. The Hall–Kier alpha value is -0.610. The Bertz CT molecular complexity index is 176. The Balaban J connectivity index is 2.14. The highest BCUT2D eigenvalue weighted by Gasteiger charge is 2.27. The minimum absolute atomic E-state index is 0.151. The van der Waals surface area contributed by atoms with Gasteiger partial charge < -0.3 is 15.4 Å². The molecule has 1 heterocycles. The highest BCUT2D eigenvalue weighted by atomic mass is 16.5. The molecule has 1 aliphatic heterocycles. The zero-order valence-electron chi connectivity index (χ0n) is 8.35. The normalized spacial score (nSPS) is 27.5. The van der Waals surface area contributed by atoms with E-state index >= 15 is 0 Å². The van der Waals surface area contributed by atoms with Crippen molar-refractivity contribution in [1.29, 1.82) is 0 Å². The molecule has 76 valence electrons. The second-order valence-electron chi connectivity index (χ2n) is 3.74. The second-order valence-corrected chi connectivity index (χ2v) is 3.74. The molecule has 1 rings (SSSR count). The first kappa shape index (κ1) is 10.5. The fraction of sp³-hybridized carbons (Fsp3) is 0.889. The summed E-state index contributed by atoms with van der Waals surface area (Å²) in [5.74, 6) is -0.151. The minimum atomic E-state index is -0.151. The van der Waals surface area contributed by atoms with E-state index in [1.807, 2.05) is 0 Å². The van der Waals surface area contributed by atoms with Crippen LogP contribution >= 0.6 is 0 Å². The van der Waals surface area contributed by atoms with Crippen LogP contribution in [-0.2, 0) is 9.53 Å². The highest BCUT2D eigenvalue weighted by Crippen LogP contribution is 2.12. The minimum Gasteiger partial charge on any atom is -0.469 e. The molecular formula is C9H18N2O2. The fourth-order valence-corrected chi connectivity index (χ4v) is 1.54. The third-order valence-corrected chi connectivity index (χ3v) is 2.48. The molecule has 2 N–H and O–H groups in total. The van der Waals surface area contributed by atoms with Crippen molar-refractivity contribution in [2.45, 2.75) is 25.3 Å². The standard InChI is InChI=1S/C9H18N2O2/c1-9(4-6-10-7-9)11-5-3-8(12)13-2/h10-11H,3-7H2,1-2H3. The number of ether oxygens (including phenoxy) is 1. The Kier molecular flexibility index (Phi) is 3.69. The molecule has 4 heteroatoms. The molecule has 0 bridgehead atoms. The number of hydrogen-bond acceptors (Lipinski definition) is 4. The van der Waals surface area contributed by atoms with E-state index < -0.39 is 0 Å². The number of hydrogen-bond donors (Lipinski definition) is 2. The lowest BCUT2D eigenvalue weighted by molar-refractivity contribution is -0.140. The fourth-order valence-electron chi connectivity index (χ4n) is 1.54. The summed E-state index contributed by atoms with van der Waals surface area (Å²) in [6.07, 6.45) is 1.57. The van der Waals surface area contributed by atoms with Gasteiger partial charge in [0.15, 0.2) is 0 Å². The zero-order chi connectivity index (χ0) is 9.73. The number of esters is 1. The lowest BCUT2D eigenvalue weighted by Gasteiger charge is -2.24. The number of nitrogens with one attached hydrogen (secondary N) is 2. The van der Waals surface area contributed by atoms with E-state index in [0.717, 1.165) is 19.5 Å². The van der Waals surface area contributed by atoms with Crippen molar-refractivity contribution >= 4 is 5.97 Å². The first-order valence-corrected chi connectivity index (χ1v) is 4.69. The van der Waals surface area contributed by atoms with Gasteiger partial charge in [0, 0.05) is 18.6 Å². The van der Waals surface area contributed by atoms with E-state index in [-0.39, 0.29) is 11.5 Å². The molecule has 0 amide bonds. The summed E-state index contributed by atoms with van der Waals surface area (Å²) in [5.41, 5.74) is 0.161. The van der Waals surface area contributed by atoms with Crippen molar-refractivity contribution in [2.75, 3.05) is 26.7 Å². The largest absolute Gasteiger partial charge is 0.469 e. The summed E-state index contributed by atoms with van der Waals surface area (Å²) in [6.45, 7) is 4.91. The van der Waals surface area contributed by atoms with Crippen molar-refractivity contribution in [3.8, 4) is 0 Å². The van der Waals surface area contributed by atoms with Crippen LogP contribution in [-0.4, -0.2) is 38.3 Å². The van der Waals surface area contributed by atoms with Gasteiger partial charge in [-0.15, -0.1) is 0 Å². The quantitative estimate of drug-likeness (QED) is 0.602. The molecule has 1 fully saturated rings. The molecule has 0 aromatic rings. The van der Waals surface area contributed by atoms with Crippen LogP contribution in [0.1, 0.15) is 19.8 Å². The SMILES string of the molecule is COC(=O)CCNC1(C)CCNC1. The van der Waals surface area contributed by atoms with Gasteiger partial charge in [0.25, 0.3) is 0 Å². The van der Waals surface area contributed by atoms with Crippen molar-refractivity contribution < 1.29 is 9.53 Å². The van der Waals surface area contributed by atoms with Gasteiger partial charge in [-0.1, -0.05) is 0 Å². The van der Waals surface area contributed by atoms with Crippen LogP contribution in [0.2, 0.25) is 0 Å². The maximum atomic E-state index is 10.8. The number of rotatable bonds is 4. The number of methoxy groups -OCH3 is 1. The summed E-state index contributed by atoms with van der Waals surface area (Å²) >= 11 is 0. The second kappa shape index (κ2) is 4.58. The lowest BCUT2D eigenvalue weighted by atomic mass is 10.0. The summed E-state index contributed by atoms with van der Waals surface area (Å²) < 4.78 is 4.55. The average Bonchev–Trinajstić information content (AvgIpc) is 2.52. The molecule has 0 aliphatic carbocycles. The molecule has 13 heavy (non-hydrogen) atoms. The van der Waals surface area contributed by atoms with Gasteiger partial charge in [0.05, 0.1) is 13.5 Å². The monoisotopic (exact) mass is 186 g/mol. The lowest BCUT2D eigenvalue weighted by Crippen LogP contribution is -2.44. The molecule has 4 nitrogen and oxygen atoms in total. The summed E-state index contributed by atoms with van der Waals surface area (Å²) in [7, 11) is 1.42. The molecule has 0 aromatic carbocycles. The maximum Gasteiger partial charge on any atom is 0.306 e. The van der Waals surface area contributed by atoms with E-state index in [9.17, 15) is 4.79 Å². The Morgan fingerprint density at radius 1 is 1.69 bits per heavy atom. The van der Waals surface area contributed by atoms with Crippen LogP contribution in [0.4, 0.5) is 0 Å². The Morgan fingerprint density at radius 3 is 3.00 bits per heavy atom. The molecule has 0 aromatic heterocycles. The number of carbonyl (C=O) groups is 1. The van der Waals surface area contributed by atoms with Crippen molar-refractivity contribution in [3.63, 3.8) is 0 Å². The van der Waals surface area contributed by atoms with E-state index in [2.05, 4.69) is 22.3 Å². The van der Waals surface area contributed by atoms with Crippen LogP contribution in [0.3, 0.4) is 0 Å². The molecule has 1 saturated heterocycles. The molecular weight excluding hydrogens is 168 g/mol. The van der Waals surface area contributed by atoms with E-state index in [1.54, 1.807) is 0 Å². The van der Waals surface area contributed by atoms with Gasteiger partial charge in [-0.25, -0.2) is 0 Å². The van der Waals surface area contributed by atoms with Crippen molar-refractivity contribution in [2.24, 2.45) is 0 Å². The van der Waals surface area contributed by atoms with Gasteiger partial charge in [0.2, 0.25) is 0 Å². The average molecular weight is 186 g/mol. The zero-order valence-corrected chi connectivity index (χ0v) is 8.35. The van der Waals surface area contributed by atoms with Crippen LogP contribution in [0, 0.1) is 0 Å². The van der Waals surface area contributed by atoms with Crippen molar-refractivity contribution in [3.05, 3.63) is 0 Å². The van der Waals surface area contributed by atoms with E-state index in [1.165, 1.54) is 7.11 Å². The van der Waals surface area contributed by atoms with Crippen LogP contribution in [0.5, 0.6) is 0 Å². The third-order valence-electron chi connectivity index (χ3n) is 2.48. The molecule has 1 atom stereocenters. The summed E-state index contributed by atoms with van der Waals surface area (Å²) in [6, 6.07) is 0. The van der Waals surface area contributed by atoms with Gasteiger partial charge in [-0.05, 0) is 19.9 Å². The molecule has 1 aliphatic rings. The van der Waals surface area contributed by atoms with Crippen LogP contribution in [0.25, 0.3) is 0 Å². The topological polar surface area (TPSA) is 50.4 Å². The van der Waals surface area contributed by atoms with Gasteiger partial charge in [0.1, 0.15) is 0 Å². The van der Waals surface area contributed by atoms with E-state index in [0.29, 0.717) is 13.0 Å². The van der Waals surface area contributed by atoms with Gasteiger partial charge in [-0.3, -0.25) is 4.79 Å². The first-order chi connectivity index (χ1) is 6.16. The van der Waals surface area contributed by atoms with Gasteiger partial charge >= 0.3 is 5.97 Å². The highest BCUT2D eigenvalue weighted by molar-refractivity contribution is 5.69. The van der Waals surface area contributed by atoms with Crippen LogP contribution < -0.4 is 10.6 Å². The smallest absolute Gasteiger partial charge is 0.306 e. The maximum absolute atomic E-state index is 10.8. The molecule has 1 unspecified atom stereocenters. The Morgan fingerprint density at radius 2 is 2.46 bits per heavy atom. The summed E-state index contributed by atoms with van der Waals surface area (Å²) in [5, 5.41) is 6.65. The number of carbonyl (C=O) groups excluding carboxylic acids is 1. The van der Waals surface area contributed by atoms with E-state index in [4.69, 9.17) is 0 Å². The molecule has 0 radical (unpaired) electrons.